The minimum atomic E-state index is -0.219. The number of aromatic nitrogens is 1. The second kappa shape index (κ2) is 11.9. The van der Waals surface area contributed by atoms with Gasteiger partial charge in [-0.15, -0.1) is 35.3 Å². The standard InChI is InChI=1S/C14H25N5OS2.HI/c1-14(2,3)19-11(20)10-18-12(15-4)16-6-5-8-21-13-17-7-9-22-13;/h7,9H,5-6,8,10H2,1-4H3,(H,19,20)(H2,15,16,18);1H. The van der Waals surface area contributed by atoms with Crippen LogP contribution in [0.1, 0.15) is 27.2 Å². The lowest BCUT2D eigenvalue weighted by Crippen LogP contribution is -2.48. The summed E-state index contributed by atoms with van der Waals surface area (Å²) in [7, 11) is 1.70. The van der Waals surface area contributed by atoms with E-state index in [2.05, 4.69) is 25.9 Å². The molecule has 1 rings (SSSR count). The average molecular weight is 471 g/mol. The molecule has 1 heterocycles. The lowest BCUT2D eigenvalue weighted by atomic mass is 10.1. The molecule has 0 unspecified atom stereocenters. The summed E-state index contributed by atoms with van der Waals surface area (Å²) in [6.45, 7) is 6.89. The molecule has 3 N–H and O–H groups in total. The number of hydrogen-bond acceptors (Lipinski definition) is 5. The van der Waals surface area contributed by atoms with Crippen LogP contribution in [0.3, 0.4) is 0 Å². The van der Waals surface area contributed by atoms with E-state index in [9.17, 15) is 4.79 Å². The van der Waals surface area contributed by atoms with Crippen LogP contribution in [-0.4, -0.2) is 48.3 Å². The van der Waals surface area contributed by atoms with Crippen molar-refractivity contribution in [3.05, 3.63) is 11.6 Å². The minimum Gasteiger partial charge on any atom is -0.356 e. The van der Waals surface area contributed by atoms with Gasteiger partial charge in [-0.25, -0.2) is 4.98 Å². The number of carbonyl (C=O) groups excluding carboxylic acids is 1. The van der Waals surface area contributed by atoms with Gasteiger partial charge in [0, 0.05) is 36.5 Å². The molecule has 0 fully saturated rings. The van der Waals surface area contributed by atoms with Crippen molar-refractivity contribution >= 4 is 58.9 Å². The fourth-order valence-electron chi connectivity index (χ4n) is 1.57. The predicted molar refractivity (Wildman–Crippen MR) is 110 cm³/mol. The quantitative estimate of drug-likeness (QED) is 0.187. The number of carbonyl (C=O) groups is 1. The first-order chi connectivity index (χ1) is 10.4. The second-order valence-corrected chi connectivity index (χ2v) is 7.89. The first kappa shape index (κ1) is 22.4. The van der Waals surface area contributed by atoms with Crippen LogP contribution in [-0.2, 0) is 4.79 Å². The van der Waals surface area contributed by atoms with Crippen molar-refractivity contribution in [2.75, 3.05) is 25.9 Å². The number of nitrogens with zero attached hydrogens (tertiary/aromatic N) is 2. The monoisotopic (exact) mass is 471 g/mol. The maximum Gasteiger partial charge on any atom is 0.239 e. The number of halogens is 1. The van der Waals surface area contributed by atoms with Crippen molar-refractivity contribution in [1.29, 1.82) is 0 Å². The fraction of sp³-hybridized carbons (Fsp3) is 0.643. The molecular weight excluding hydrogens is 445 g/mol. The second-order valence-electron chi connectivity index (χ2n) is 5.65. The Bertz CT molecular complexity index is 474. The van der Waals surface area contributed by atoms with Gasteiger partial charge in [0.05, 0.1) is 6.54 Å². The molecule has 1 amide bonds. The fourth-order valence-corrected chi connectivity index (χ4v) is 3.21. The van der Waals surface area contributed by atoms with E-state index in [1.54, 1.807) is 30.1 Å². The maximum atomic E-state index is 11.7. The molecule has 0 bridgehead atoms. The molecule has 9 heteroatoms. The maximum absolute atomic E-state index is 11.7. The summed E-state index contributed by atoms with van der Waals surface area (Å²) in [6, 6.07) is 0. The summed E-state index contributed by atoms with van der Waals surface area (Å²) in [5, 5.41) is 11.1. The third-order valence-corrected chi connectivity index (χ3v) is 4.46. The molecule has 132 valence electrons. The molecule has 0 radical (unpaired) electrons. The molecule has 0 aliphatic rings. The largest absolute Gasteiger partial charge is 0.356 e. The van der Waals surface area contributed by atoms with Crippen molar-refractivity contribution in [3.8, 4) is 0 Å². The van der Waals surface area contributed by atoms with E-state index in [4.69, 9.17) is 0 Å². The number of thioether (sulfide) groups is 1. The Balaban J connectivity index is 0.00000484. The van der Waals surface area contributed by atoms with Gasteiger partial charge in [0.15, 0.2) is 5.96 Å². The molecule has 0 atom stereocenters. The van der Waals surface area contributed by atoms with Crippen LogP contribution in [0.25, 0.3) is 0 Å². The number of guanidine groups is 1. The van der Waals surface area contributed by atoms with Crippen molar-refractivity contribution in [1.82, 2.24) is 20.9 Å². The molecule has 23 heavy (non-hydrogen) atoms. The molecule has 0 spiro atoms. The molecule has 6 nitrogen and oxygen atoms in total. The topological polar surface area (TPSA) is 78.4 Å². The lowest BCUT2D eigenvalue weighted by molar-refractivity contribution is -0.121. The first-order valence-corrected chi connectivity index (χ1v) is 9.05. The highest BCUT2D eigenvalue weighted by Crippen LogP contribution is 2.20. The highest BCUT2D eigenvalue weighted by atomic mass is 127. The van der Waals surface area contributed by atoms with E-state index in [-0.39, 0.29) is 42.0 Å². The van der Waals surface area contributed by atoms with Crippen LogP contribution in [0.5, 0.6) is 0 Å². The molecule has 1 aromatic heterocycles. The number of aliphatic imine (C=N–C) groups is 1. The Morgan fingerprint density at radius 1 is 1.39 bits per heavy atom. The Kier molecular flexibility index (Phi) is 11.6. The van der Waals surface area contributed by atoms with Crippen LogP contribution in [0, 0.1) is 0 Å². The predicted octanol–water partition coefficient (Wildman–Crippen LogP) is 2.32. The Morgan fingerprint density at radius 3 is 2.70 bits per heavy atom. The van der Waals surface area contributed by atoms with Gasteiger partial charge < -0.3 is 16.0 Å². The van der Waals surface area contributed by atoms with Gasteiger partial charge in [0.2, 0.25) is 5.91 Å². The molecule has 0 aromatic carbocycles. The van der Waals surface area contributed by atoms with Gasteiger partial charge >= 0.3 is 0 Å². The number of thiazole rings is 1. The summed E-state index contributed by atoms with van der Waals surface area (Å²) in [6.07, 6.45) is 2.82. The summed E-state index contributed by atoms with van der Waals surface area (Å²) >= 11 is 3.41. The minimum absolute atomic E-state index is 0. The van der Waals surface area contributed by atoms with Crippen LogP contribution < -0.4 is 16.0 Å². The average Bonchev–Trinajstić information content (AvgIpc) is 2.93. The van der Waals surface area contributed by atoms with E-state index in [1.807, 2.05) is 32.3 Å². The highest BCUT2D eigenvalue weighted by Gasteiger charge is 2.13. The van der Waals surface area contributed by atoms with E-state index >= 15 is 0 Å². The smallest absolute Gasteiger partial charge is 0.239 e. The van der Waals surface area contributed by atoms with Crippen molar-refractivity contribution in [2.24, 2.45) is 4.99 Å². The van der Waals surface area contributed by atoms with Crippen molar-refractivity contribution in [2.45, 2.75) is 37.1 Å². The Morgan fingerprint density at radius 2 is 2.13 bits per heavy atom. The van der Waals surface area contributed by atoms with Crippen LogP contribution in [0.4, 0.5) is 0 Å². The molecule has 0 saturated carbocycles. The third-order valence-electron chi connectivity index (χ3n) is 2.40. The van der Waals surface area contributed by atoms with Gasteiger partial charge in [0.25, 0.3) is 0 Å². The zero-order valence-corrected chi connectivity index (χ0v) is 18.0. The SMILES string of the molecule is CN=C(NCCCSc1nccs1)NCC(=O)NC(C)(C)C.I. The molecular formula is C14H26IN5OS2. The van der Waals surface area contributed by atoms with Crippen molar-refractivity contribution < 1.29 is 4.79 Å². The summed E-state index contributed by atoms with van der Waals surface area (Å²) in [5.41, 5.74) is -0.219. The summed E-state index contributed by atoms with van der Waals surface area (Å²) in [4.78, 5) is 20.0. The van der Waals surface area contributed by atoms with E-state index in [1.165, 1.54) is 0 Å². The van der Waals surface area contributed by atoms with Crippen LogP contribution in [0.2, 0.25) is 0 Å². The number of amides is 1. The zero-order chi connectivity index (χ0) is 16.4. The normalized spacial score (nSPS) is 11.6. The third kappa shape index (κ3) is 11.6. The molecule has 0 saturated heterocycles. The summed E-state index contributed by atoms with van der Waals surface area (Å²) < 4.78 is 1.10. The number of hydrogen-bond donors (Lipinski definition) is 3. The first-order valence-electron chi connectivity index (χ1n) is 7.18. The number of rotatable bonds is 7. The Hall–Kier alpha value is -0.550. The Labute approximate surface area is 163 Å². The molecule has 1 aromatic rings. The van der Waals surface area contributed by atoms with Gasteiger partial charge in [-0.1, -0.05) is 11.8 Å². The van der Waals surface area contributed by atoms with Crippen LogP contribution in [0.15, 0.2) is 20.9 Å². The van der Waals surface area contributed by atoms with Gasteiger partial charge in [-0.2, -0.15) is 0 Å². The molecule has 0 aliphatic carbocycles. The summed E-state index contributed by atoms with van der Waals surface area (Å²) in [5.74, 6) is 1.60. The zero-order valence-electron chi connectivity index (χ0n) is 14.0. The van der Waals surface area contributed by atoms with E-state index in [0.29, 0.717) is 5.96 Å². The molecule has 0 aliphatic heterocycles. The van der Waals surface area contributed by atoms with Gasteiger partial charge in [0.1, 0.15) is 4.34 Å². The lowest BCUT2D eigenvalue weighted by Gasteiger charge is -2.21. The number of nitrogens with one attached hydrogen (secondary N) is 3. The van der Waals surface area contributed by atoms with Gasteiger partial charge in [-0.05, 0) is 27.2 Å². The highest BCUT2D eigenvalue weighted by molar-refractivity contribution is 14.0. The van der Waals surface area contributed by atoms with Crippen LogP contribution >= 0.6 is 47.1 Å². The van der Waals surface area contributed by atoms with Crippen molar-refractivity contribution in [3.63, 3.8) is 0 Å². The van der Waals surface area contributed by atoms with Gasteiger partial charge in [-0.3, -0.25) is 9.79 Å². The van der Waals surface area contributed by atoms with E-state index in [0.717, 1.165) is 23.1 Å². The van der Waals surface area contributed by atoms with E-state index < -0.39 is 0 Å².